The predicted octanol–water partition coefficient (Wildman–Crippen LogP) is 2.40. The van der Waals surface area contributed by atoms with Crippen LogP contribution in [0.25, 0.3) is 10.9 Å². The van der Waals surface area contributed by atoms with E-state index in [9.17, 15) is 14.7 Å². The number of aromatic nitrogens is 1. The predicted molar refractivity (Wildman–Crippen MR) is 98.4 cm³/mol. The van der Waals surface area contributed by atoms with Crippen LogP contribution >= 0.6 is 0 Å². The molecule has 0 spiro atoms. The summed E-state index contributed by atoms with van der Waals surface area (Å²) < 4.78 is 7.17. The molecule has 26 heavy (non-hydrogen) atoms. The summed E-state index contributed by atoms with van der Waals surface area (Å²) in [6.45, 7) is 4.50. The first-order valence-corrected chi connectivity index (χ1v) is 9.20. The number of likely N-dealkylation sites (tertiary alicyclic amines) is 1. The van der Waals surface area contributed by atoms with Crippen LogP contribution in [0.15, 0.2) is 30.5 Å². The fourth-order valence-corrected chi connectivity index (χ4v) is 3.87. The maximum Gasteiger partial charge on any atom is 0.314 e. The highest BCUT2D eigenvalue weighted by Crippen LogP contribution is 2.42. The summed E-state index contributed by atoms with van der Waals surface area (Å²) in [4.78, 5) is 26.9. The van der Waals surface area contributed by atoms with Crippen LogP contribution in [0.4, 0.5) is 0 Å². The zero-order valence-corrected chi connectivity index (χ0v) is 15.5. The quantitative estimate of drug-likeness (QED) is 0.805. The number of aryl methyl sites for hydroxylation is 1. The summed E-state index contributed by atoms with van der Waals surface area (Å²) >= 11 is 0. The Kier molecular flexibility index (Phi) is 5.32. The van der Waals surface area contributed by atoms with Gasteiger partial charge in [-0.05, 0) is 19.4 Å². The Labute approximate surface area is 153 Å². The Balaban J connectivity index is 2.12. The van der Waals surface area contributed by atoms with Crippen molar-refractivity contribution in [2.75, 3.05) is 13.2 Å². The molecule has 0 saturated carbocycles. The molecule has 1 saturated heterocycles. The molecule has 1 aromatic carbocycles. The van der Waals surface area contributed by atoms with E-state index in [0.717, 1.165) is 29.3 Å². The summed E-state index contributed by atoms with van der Waals surface area (Å²) in [6, 6.07) is 7.36. The van der Waals surface area contributed by atoms with Crippen LogP contribution < -0.4 is 0 Å². The van der Waals surface area contributed by atoms with Crippen LogP contribution in [0, 0.1) is 5.92 Å². The number of carbonyl (C=O) groups excluding carboxylic acids is 2. The van der Waals surface area contributed by atoms with Crippen molar-refractivity contribution in [2.45, 2.75) is 38.8 Å². The number of rotatable bonds is 6. The second-order valence-corrected chi connectivity index (χ2v) is 6.77. The van der Waals surface area contributed by atoms with Crippen LogP contribution in [0.1, 0.15) is 38.3 Å². The molecule has 2 heterocycles. The van der Waals surface area contributed by atoms with E-state index in [0.29, 0.717) is 6.54 Å². The summed E-state index contributed by atoms with van der Waals surface area (Å²) in [5, 5.41) is 11.5. The first-order chi connectivity index (χ1) is 12.5. The van der Waals surface area contributed by atoms with E-state index in [1.807, 2.05) is 49.0 Å². The van der Waals surface area contributed by atoms with Crippen molar-refractivity contribution in [3.63, 3.8) is 0 Å². The molecule has 2 aromatic rings. The molecule has 0 radical (unpaired) electrons. The monoisotopic (exact) mass is 358 g/mol. The molecule has 3 atom stereocenters. The Morgan fingerprint density at radius 3 is 2.69 bits per heavy atom. The fraction of sp³-hybridized carbons (Fsp3) is 0.500. The van der Waals surface area contributed by atoms with Gasteiger partial charge in [0.2, 0.25) is 0 Å². The first kappa shape index (κ1) is 18.5. The van der Waals surface area contributed by atoms with Gasteiger partial charge in [-0.1, -0.05) is 31.5 Å². The van der Waals surface area contributed by atoms with E-state index in [1.54, 1.807) is 11.8 Å². The van der Waals surface area contributed by atoms with Crippen LogP contribution in [-0.2, 0) is 21.4 Å². The van der Waals surface area contributed by atoms with E-state index in [-0.39, 0.29) is 6.61 Å². The highest BCUT2D eigenvalue weighted by molar-refractivity contribution is 5.94. The van der Waals surface area contributed by atoms with Crippen molar-refractivity contribution >= 4 is 22.8 Å². The number of hydrogen-bond donors (Lipinski definition) is 1. The molecule has 1 amide bonds. The van der Waals surface area contributed by atoms with Crippen molar-refractivity contribution in [2.24, 2.45) is 13.0 Å². The van der Waals surface area contributed by atoms with Crippen molar-refractivity contribution in [3.8, 4) is 0 Å². The van der Waals surface area contributed by atoms with E-state index in [1.165, 1.54) is 0 Å². The molecule has 3 unspecified atom stereocenters. The third kappa shape index (κ3) is 2.98. The molecule has 6 heteroatoms. The zero-order chi connectivity index (χ0) is 18.8. The molecule has 1 fully saturated rings. The van der Waals surface area contributed by atoms with Crippen molar-refractivity contribution in [3.05, 3.63) is 36.0 Å². The topological polar surface area (TPSA) is 71.8 Å². The molecule has 3 rings (SSSR count). The van der Waals surface area contributed by atoms with Crippen LogP contribution in [0.2, 0.25) is 0 Å². The van der Waals surface area contributed by atoms with Gasteiger partial charge in [-0.15, -0.1) is 0 Å². The Bertz CT molecular complexity index is 813. The van der Waals surface area contributed by atoms with Gasteiger partial charge < -0.3 is 19.3 Å². The number of carbonyl (C=O) groups is 2. The molecular formula is C20H26N2O4. The van der Waals surface area contributed by atoms with Crippen LogP contribution in [0.3, 0.4) is 0 Å². The van der Waals surface area contributed by atoms with Gasteiger partial charge >= 0.3 is 5.97 Å². The summed E-state index contributed by atoms with van der Waals surface area (Å²) in [5.41, 5.74) is 1.90. The summed E-state index contributed by atoms with van der Waals surface area (Å²) in [5.74, 6) is -1.83. The van der Waals surface area contributed by atoms with Crippen LogP contribution in [-0.4, -0.2) is 45.7 Å². The van der Waals surface area contributed by atoms with Gasteiger partial charge in [0, 0.05) is 36.3 Å². The fourth-order valence-electron chi connectivity index (χ4n) is 3.87. The van der Waals surface area contributed by atoms with Crippen molar-refractivity contribution in [1.29, 1.82) is 0 Å². The lowest BCUT2D eigenvalue weighted by Gasteiger charge is -2.27. The number of aliphatic hydroxyl groups is 1. The highest BCUT2D eigenvalue weighted by Gasteiger charge is 2.52. The van der Waals surface area contributed by atoms with E-state index in [2.05, 4.69) is 0 Å². The molecule has 140 valence electrons. The Morgan fingerprint density at radius 2 is 2.00 bits per heavy atom. The summed E-state index contributed by atoms with van der Waals surface area (Å²) in [7, 11) is 1.94. The van der Waals surface area contributed by atoms with Gasteiger partial charge in [0.1, 0.15) is 12.0 Å². The minimum atomic E-state index is -1.37. The standard InChI is InChI=1S/C20H26N2O4/c1-4-6-11-22-17(16(18(23)19(22)24)20(25)26-5-2)14-12-21(3)15-10-8-7-9-13(14)15/h7-10,12,16-18,23H,4-6,11H2,1-3H3. The van der Waals surface area contributed by atoms with E-state index in [4.69, 9.17) is 4.74 Å². The molecule has 1 aliphatic heterocycles. The lowest BCUT2D eigenvalue weighted by atomic mass is 9.91. The number of ether oxygens (including phenoxy) is 1. The van der Waals surface area contributed by atoms with Gasteiger partial charge in [-0.3, -0.25) is 9.59 Å². The minimum Gasteiger partial charge on any atom is -0.466 e. The average Bonchev–Trinajstić information content (AvgIpc) is 3.09. The zero-order valence-electron chi connectivity index (χ0n) is 15.5. The van der Waals surface area contributed by atoms with Crippen molar-refractivity contribution < 1.29 is 19.4 Å². The number of esters is 1. The van der Waals surface area contributed by atoms with Gasteiger partial charge in [-0.2, -0.15) is 0 Å². The lowest BCUT2D eigenvalue weighted by molar-refractivity contribution is -0.153. The SMILES string of the molecule is CCCCN1C(=O)C(O)C(C(=O)OCC)C1c1cn(C)c2ccccc12. The second kappa shape index (κ2) is 7.50. The largest absolute Gasteiger partial charge is 0.466 e. The number of nitrogens with zero attached hydrogens (tertiary/aromatic N) is 2. The minimum absolute atomic E-state index is 0.216. The van der Waals surface area contributed by atoms with Gasteiger partial charge in [0.05, 0.1) is 12.6 Å². The maximum absolute atomic E-state index is 12.7. The highest BCUT2D eigenvalue weighted by atomic mass is 16.5. The molecule has 1 aromatic heterocycles. The molecule has 1 N–H and O–H groups in total. The number of fused-ring (bicyclic) bond motifs is 1. The summed E-state index contributed by atoms with van der Waals surface area (Å²) in [6.07, 6.45) is 2.32. The normalized spacial score (nSPS) is 23.0. The van der Waals surface area contributed by atoms with E-state index >= 15 is 0 Å². The van der Waals surface area contributed by atoms with Gasteiger partial charge in [-0.25, -0.2) is 0 Å². The first-order valence-electron chi connectivity index (χ1n) is 9.20. The molecular weight excluding hydrogens is 332 g/mol. The molecule has 6 nitrogen and oxygen atoms in total. The van der Waals surface area contributed by atoms with Crippen molar-refractivity contribution in [1.82, 2.24) is 9.47 Å². The maximum atomic E-state index is 12.7. The lowest BCUT2D eigenvalue weighted by Crippen LogP contribution is -2.32. The molecule has 1 aliphatic rings. The van der Waals surface area contributed by atoms with E-state index < -0.39 is 29.9 Å². The number of hydrogen-bond acceptors (Lipinski definition) is 4. The smallest absolute Gasteiger partial charge is 0.314 e. The third-order valence-electron chi connectivity index (χ3n) is 5.11. The third-order valence-corrected chi connectivity index (χ3v) is 5.11. The Hall–Kier alpha value is -2.34. The average molecular weight is 358 g/mol. The van der Waals surface area contributed by atoms with Gasteiger partial charge in [0.15, 0.2) is 0 Å². The molecule has 0 bridgehead atoms. The molecule has 0 aliphatic carbocycles. The van der Waals surface area contributed by atoms with Crippen LogP contribution in [0.5, 0.6) is 0 Å². The number of amides is 1. The number of unbranched alkanes of at least 4 members (excludes halogenated alkanes) is 1. The number of benzene rings is 1. The number of aliphatic hydroxyl groups excluding tert-OH is 1. The Morgan fingerprint density at radius 1 is 1.27 bits per heavy atom. The van der Waals surface area contributed by atoms with Gasteiger partial charge in [0.25, 0.3) is 5.91 Å². The number of para-hydroxylation sites is 1. The second-order valence-electron chi connectivity index (χ2n) is 6.77.